The van der Waals surface area contributed by atoms with Crippen molar-refractivity contribution in [2.75, 3.05) is 0 Å². The summed E-state index contributed by atoms with van der Waals surface area (Å²) in [6, 6.07) is 13.9. The summed E-state index contributed by atoms with van der Waals surface area (Å²) in [4.78, 5) is 0. The third-order valence-electron chi connectivity index (χ3n) is 7.72. The van der Waals surface area contributed by atoms with Crippen LogP contribution in [0.1, 0.15) is 153 Å². The molecule has 35 heavy (non-hydrogen) atoms. The van der Waals surface area contributed by atoms with Gasteiger partial charge in [-0.05, 0) is 47.6 Å². The first kappa shape index (κ1) is 32.7. The molecule has 0 amide bonds. The number of benzene rings is 2. The van der Waals surface area contributed by atoms with Gasteiger partial charge in [-0.15, -0.1) is 0 Å². The second-order valence-electron chi connectivity index (χ2n) is 10.8. The van der Waals surface area contributed by atoms with E-state index in [1.54, 1.807) is 11.1 Å². The van der Waals surface area contributed by atoms with Crippen LogP contribution in [0.4, 0.5) is 0 Å². The van der Waals surface area contributed by atoms with Gasteiger partial charge in [0, 0.05) is 29.6 Å². The largest absolute Gasteiger partial charge is 0.0654 e. The number of fused-ring (bicyclic) bond motifs is 1. The van der Waals surface area contributed by atoms with E-state index in [1.165, 1.54) is 152 Å². The average Bonchev–Trinajstić information content (AvgIpc) is 2.87. The van der Waals surface area contributed by atoms with E-state index in [1.807, 2.05) is 0 Å². The van der Waals surface area contributed by atoms with Crippen LogP contribution in [0.3, 0.4) is 0 Å². The SMILES string of the molecule is CCCCCCCCCCCCc1ccc2ccccc2c1CCCCCCCCCCCC.[Na]. The molecule has 0 saturated heterocycles. The fraction of sp³-hybridized carbons (Fsp3) is 0.706. The Labute approximate surface area is 241 Å². The van der Waals surface area contributed by atoms with Gasteiger partial charge in [-0.2, -0.15) is 0 Å². The molecular weight excluding hydrogens is 431 g/mol. The Kier molecular flexibility index (Phi) is 21.4. The Bertz CT molecular complexity index is 734. The summed E-state index contributed by atoms with van der Waals surface area (Å²) in [6.45, 7) is 4.61. The van der Waals surface area contributed by atoms with Gasteiger partial charge in [-0.25, -0.2) is 0 Å². The van der Waals surface area contributed by atoms with E-state index in [2.05, 4.69) is 50.2 Å². The van der Waals surface area contributed by atoms with Gasteiger partial charge in [0.1, 0.15) is 0 Å². The number of hydrogen-bond acceptors (Lipinski definition) is 0. The van der Waals surface area contributed by atoms with E-state index in [0.717, 1.165) is 0 Å². The number of rotatable bonds is 22. The van der Waals surface area contributed by atoms with Crippen molar-refractivity contribution < 1.29 is 0 Å². The average molecular weight is 488 g/mol. The maximum absolute atomic E-state index is 2.45. The zero-order valence-electron chi connectivity index (χ0n) is 24.0. The van der Waals surface area contributed by atoms with Crippen molar-refractivity contribution in [3.63, 3.8) is 0 Å². The molecule has 0 fully saturated rings. The predicted octanol–water partition coefficient (Wildman–Crippen LogP) is 11.4. The summed E-state index contributed by atoms with van der Waals surface area (Å²) >= 11 is 0. The van der Waals surface area contributed by atoms with Gasteiger partial charge < -0.3 is 0 Å². The van der Waals surface area contributed by atoms with E-state index in [0.29, 0.717) is 0 Å². The topological polar surface area (TPSA) is 0 Å². The number of hydrogen-bond donors (Lipinski definition) is 0. The molecule has 0 aliphatic carbocycles. The zero-order chi connectivity index (χ0) is 24.1. The summed E-state index contributed by atoms with van der Waals surface area (Å²) in [5.74, 6) is 0. The van der Waals surface area contributed by atoms with Gasteiger partial charge in [-0.3, -0.25) is 0 Å². The van der Waals surface area contributed by atoms with Crippen molar-refractivity contribution in [3.05, 3.63) is 47.5 Å². The molecule has 2 rings (SSSR count). The predicted molar refractivity (Wildman–Crippen MR) is 161 cm³/mol. The van der Waals surface area contributed by atoms with Crippen molar-refractivity contribution in [2.45, 2.75) is 155 Å². The summed E-state index contributed by atoms with van der Waals surface area (Å²) in [5, 5.41) is 2.94. The molecule has 0 bridgehead atoms. The van der Waals surface area contributed by atoms with Crippen molar-refractivity contribution >= 4 is 40.3 Å². The van der Waals surface area contributed by atoms with Gasteiger partial charge in [0.2, 0.25) is 0 Å². The third-order valence-corrected chi connectivity index (χ3v) is 7.72. The van der Waals surface area contributed by atoms with Crippen LogP contribution in [-0.2, 0) is 12.8 Å². The van der Waals surface area contributed by atoms with Crippen molar-refractivity contribution in [1.82, 2.24) is 0 Å². The molecule has 2 aromatic carbocycles. The minimum absolute atomic E-state index is 0. The van der Waals surface area contributed by atoms with Crippen molar-refractivity contribution in [3.8, 4) is 0 Å². The van der Waals surface area contributed by atoms with Crippen LogP contribution in [0.15, 0.2) is 36.4 Å². The van der Waals surface area contributed by atoms with Gasteiger partial charge in [0.05, 0.1) is 0 Å². The van der Waals surface area contributed by atoms with Crippen LogP contribution in [-0.4, -0.2) is 29.6 Å². The second-order valence-corrected chi connectivity index (χ2v) is 10.8. The van der Waals surface area contributed by atoms with Crippen molar-refractivity contribution in [1.29, 1.82) is 0 Å². The van der Waals surface area contributed by atoms with Crippen LogP contribution >= 0.6 is 0 Å². The van der Waals surface area contributed by atoms with E-state index in [-0.39, 0.29) is 29.6 Å². The van der Waals surface area contributed by atoms with Crippen LogP contribution in [0.2, 0.25) is 0 Å². The van der Waals surface area contributed by atoms with Gasteiger partial charge in [-0.1, -0.05) is 166 Å². The first-order valence-electron chi connectivity index (χ1n) is 15.4. The Morgan fingerprint density at radius 1 is 0.429 bits per heavy atom. The molecule has 193 valence electrons. The molecule has 0 aliphatic rings. The molecule has 0 atom stereocenters. The van der Waals surface area contributed by atoms with Crippen molar-refractivity contribution in [2.24, 2.45) is 0 Å². The van der Waals surface area contributed by atoms with E-state index < -0.39 is 0 Å². The second kappa shape index (κ2) is 22.9. The molecule has 0 N–H and O–H groups in total. The van der Waals surface area contributed by atoms with Crippen LogP contribution in [0.25, 0.3) is 10.8 Å². The molecule has 0 aromatic heterocycles. The molecule has 0 unspecified atom stereocenters. The Hall–Kier alpha value is -0.300. The van der Waals surface area contributed by atoms with E-state index >= 15 is 0 Å². The summed E-state index contributed by atoms with van der Waals surface area (Å²) in [7, 11) is 0. The van der Waals surface area contributed by atoms with E-state index in [9.17, 15) is 0 Å². The zero-order valence-corrected chi connectivity index (χ0v) is 26.0. The first-order chi connectivity index (χ1) is 16.9. The Morgan fingerprint density at radius 2 is 0.857 bits per heavy atom. The smallest absolute Gasteiger partial charge is 0 e. The number of aryl methyl sites for hydroxylation is 2. The summed E-state index contributed by atoms with van der Waals surface area (Å²) in [5.41, 5.74) is 3.29. The molecule has 0 heterocycles. The van der Waals surface area contributed by atoms with Gasteiger partial charge >= 0.3 is 0 Å². The Balaban J connectivity index is 0.00000612. The quantitative estimate of drug-likeness (QED) is 0.114. The standard InChI is InChI=1S/C34H56.Na/c1-3-5-7-9-11-13-15-17-19-21-25-31-29-30-32-26-23-24-28-34(32)33(31)27-22-20-18-16-14-12-10-8-6-4-2;/h23-24,26,28-30H,3-22,25,27H2,1-2H3;. The molecular formula is C34H56Na. The molecule has 0 spiro atoms. The normalized spacial score (nSPS) is 11.1. The Morgan fingerprint density at radius 3 is 1.37 bits per heavy atom. The monoisotopic (exact) mass is 487 g/mol. The summed E-state index contributed by atoms with van der Waals surface area (Å²) < 4.78 is 0. The van der Waals surface area contributed by atoms with E-state index in [4.69, 9.17) is 0 Å². The van der Waals surface area contributed by atoms with Crippen LogP contribution in [0.5, 0.6) is 0 Å². The van der Waals surface area contributed by atoms with Gasteiger partial charge in [0.15, 0.2) is 0 Å². The summed E-state index contributed by atoms with van der Waals surface area (Å²) in [6.07, 6.45) is 30.9. The van der Waals surface area contributed by atoms with Crippen LogP contribution < -0.4 is 0 Å². The molecule has 1 radical (unpaired) electrons. The molecule has 0 saturated carbocycles. The maximum Gasteiger partial charge on any atom is 0 e. The fourth-order valence-electron chi connectivity index (χ4n) is 5.50. The minimum Gasteiger partial charge on any atom is -0.0654 e. The van der Waals surface area contributed by atoms with Gasteiger partial charge in [0.25, 0.3) is 0 Å². The third kappa shape index (κ3) is 14.9. The number of unbranched alkanes of at least 4 members (excludes halogenated alkanes) is 18. The maximum atomic E-state index is 2.45. The molecule has 2 aromatic rings. The molecule has 1 heteroatoms. The molecule has 0 nitrogen and oxygen atoms in total. The van der Waals surface area contributed by atoms with Crippen LogP contribution in [0, 0.1) is 0 Å². The fourth-order valence-corrected chi connectivity index (χ4v) is 5.50. The molecule has 0 aliphatic heterocycles. The first-order valence-corrected chi connectivity index (χ1v) is 15.4. The minimum atomic E-state index is 0.